The van der Waals surface area contributed by atoms with Crippen molar-refractivity contribution in [3.05, 3.63) is 29.8 Å². The molecule has 0 aliphatic carbocycles. The van der Waals surface area contributed by atoms with Crippen LogP contribution in [0, 0.1) is 11.8 Å². The number of likely N-dealkylation sites (tertiary alicyclic amines) is 1. The Morgan fingerprint density at radius 1 is 1.21 bits per heavy atom. The van der Waals surface area contributed by atoms with E-state index in [1.165, 1.54) is 0 Å². The number of amides is 2. The van der Waals surface area contributed by atoms with Crippen LogP contribution in [0.5, 0.6) is 0 Å². The number of para-hydroxylation sites is 1. The van der Waals surface area contributed by atoms with Crippen LogP contribution < -0.4 is 5.32 Å². The summed E-state index contributed by atoms with van der Waals surface area (Å²) >= 11 is 0. The fourth-order valence-electron chi connectivity index (χ4n) is 3.30. The van der Waals surface area contributed by atoms with Gasteiger partial charge in [-0.25, -0.2) is 0 Å². The van der Waals surface area contributed by atoms with Crippen LogP contribution in [0.25, 0.3) is 0 Å². The van der Waals surface area contributed by atoms with Gasteiger partial charge in [0.2, 0.25) is 5.91 Å². The second kappa shape index (κ2) is 8.83. The maximum absolute atomic E-state index is 12.9. The van der Waals surface area contributed by atoms with Gasteiger partial charge in [0.15, 0.2) is 0 Å². The number of nitrogens with zero attached hydrogens (tertiary/aromatic N) is 1. The molecule has 2 amide bonds. The van der Waals surface area contributed by atoms with Gasteiger partial charge in [-0.15, -0.1) is 0 Å². The van der Waals surface area contributed by atoms with Crippen LogP contribution in [0.15, 0.2) is 24.3 Å². The first kappa shape index (κ1) is 18.5. The number of hydrogen-bond acceptors (Lipinski definition) is 3. The van der Waals surface area contributed by atoms with Gasteiger partial charge in [0, 0.05) is 19.7 Å². The summed E-state index contributed by atoms with van der Waals surface area (Å²) < 4.78 is 5.20. The normalized spacial score (nSPS) is 20.7. The molecule has 0 saturated carbocycles. The first-order valence-electron chi connectivity index (χ1n) is 8.77. The molecule has 1 aliphatic rings. The Balaban J connectivity index is 2.07. The maximum Gasteiger partial charge on any atom is 0.255 e. The molecule has 0 aromatic heterocycles. The molecule has 0 bridgehead atoms. The second-order valence-corrected chi connectivity index (χ2v) is 6.70. The summed E-state index contributed by atoms with van der Waals surface area (Å²) in [7, 11) is 0. The number of piperidine rings is 1. The lowest BCUT2D eigenvalue weighted by Crippen LogP contribution is -2.42. The standard InChI is InChI=1S/C19H28N2O3/c1-4-24-10-9-18(22)20-17-8-6-5-7-16(17)19(23)21-12-14(2)11-15(3)13-21/h5-8,14-15H,4,9-13H2,1-3H3,(H,20,22). The van der Waals surface area contributed by atoms with E-state index in [0.29, 0.717) is 36.3 Å². The minimum absolute atomic E-state index is 0.00546. The highest BCUT2D eigenvalue weighted by atomic mass is 16.5. The summed E-state index contributed by atoms with van der Waals surface area (Å²) in [6, 6.07) is 7.23. The van der Waals surface area contributed by atoms with Crippen molar-refractivity contribution in [2.45, 2.75) is 33.6 Å². The van der Waals surface area contributed by atoms with Crippen molar-refractivity contribution in [3.8, 4) is 0 Å². The fraction of sp³-hybridized carbons (Fsp3) is 0.579. The molecular formula is C19H28N2O3. The van der Waals surface area contributed by atoms with E-state index in [9.17, 15) is 9.59 Å². The highest BCUT2D eigenvalue weighted by Crippen LogP contribution is 2.25. The number of anilines is 1. The van der Waals surface area contributed by atoms with Crippen molar-refractivity contribution < 1.29 is 14.3 Å². The van der Waals surface area contributed by atoms with Crippen molar-refractivity contribution in [1.82, 2.24) is 4.90 Å². The lowest BCUT2D eigenvalue weighted by atomic mass is 9.91. The molecule has 1 aromatic rings. The molecule has 2 rings (SSSR count). The molecule has 0 spiro atoms. The van der Waals surface area contributed by atoms with E-state index in [2.05, 4.69) is 19.2 Å². The molecule has 132 valence electrons. The summed E-state index contributed by atoms with van der Waals surface area (Å²) in [6.07, 6.45) is 1.44. The van der Waals surface area contributed by atoms with Crippen molar-refractivity contribution in [3.63, 3.8) is 0 Å². The number of benzene rings is 1. The summed E-state index contributed by atoms with van der Waals surface area (Å²) in [4.78, 5) is 26.8. The zero-order chi connectivity index (χ0) is 17.5. The first-order chi connectivity index (χ1) is 11.5. The molecule has 5 heteroatoms. The summed E-state index contributed by atoms with van der Waals surface area (Å²) in [5.74, 6) is 0.870. The van der Waals surface area contributed by atoms with E-state index in [1.807, 2.05) is 24.0 Å². The molecular weight excluding hydrogens is 304 g/mol. The molecule has 2 atom stereocenters. The molecule has 2 unspecified atom stereocenters. The van der Waals surface area contributed by atoms with Crippen LogP contribution in [0.3, 0.4) is 0 Å². The van der Waals surface area contributed by atoms with Crippen molar-refractivity contribution >= 4 is 17.5 Å². The molecule has 1 fully saturated rings. The monoisotopic (exact) mass is 332 g/mol. The summed E-state index contributed by atoms with van der Waals surface area (Å²) in [5, 5.41) is 2.85. The van der Waals surface area contributed by atoms with Gasteiger partial charge in [-0.1, -0.05) is 26.0 Å². The zero-order valence-electron chi connectivity index (χ0n) is 14.9. The molecule has 1 heterocycles. The van der Waals surface area contributed by atoms with E-state index in [0.717, 1.165) is 19.5 Å². The van der Waals surface area contributed by atoms with E-state index in [-0.39, 0.29) is 18.2 Å². The van der Waals surface area contributed by atoms with Crippen LogP contribution in [-0.4, -0.2) is 43.0 Å². The topological polar surface area (TPSA) is 58.6 Å². The van der Waals surface area contributed by atoms with Gasteiger partial charge in [-0.2, -0.15) is 0 Å². The number of carbonyl (C=O) groups is 2. The number of nitrogens with one attached hydrogen (secondary N) is 1. The quantitative estimate of drug-likeness (QED) is 0.814. The van der Waals surface area contributed by atoms with Gasteiger partial charge in [0.05, 0.1) is 24.3 Å². The van der Waals surface area contributed by atoms with Crippen LogP contribution in [0.2, 0.25) is 0 Å². The third-order valence-corrected chi connectivity index (χ3v) is 4.27. The van der Waals surface area contributed by atoms with Crippen molar-refractivity contribution in [1.29, 1.82) is 0 Å². The predicted molar refractivity (Wildman–Crippen MR) is 95.0 cm³/mol. The first-order valence-corrected chi connectivity index (χ1v) is 8.77. The average molecular weight is 332 g/mol. The summed E-state index contributed by atoms with van der Waals surface area (Å²) in [5.41, 5.74) is 1.14. The number of carbonyl (C=O) groups excluding carboxylic acids is 2. The minimum atomic E-state index is -0.135. The maximum atomic E-state index is 12.9. The SMILES string of the molecule is CCOCCC(=O)Nc1ccccc1C(=O)N1CC(C)CC(C)C1. The van der Waals surface area contributed by atoms with Gasteiger partial charge in [0.1, 0.15) is 0 Å². The average Bonchev–Trinajstić information content (AvgIpc) is 2.54. The summed E-state index contributed by atoms with van der Waals surface area (Å²) in [6.45, 7) is 8.78. The van der Waals surface area contributed by atoms with Crippen LogP contribution in [-0.2, 0) is 9.53 Å². The Bertz CT molecular complexity index is 563. The molecule has 24 heavy (non-hydrogen) atoms. The fourth-order valence-corrected chi connectivity index (χ4v) is 3.30. The van der Waals surface area contributed by atoms with E-state index in [1.54, 1.807) is 12.1 Å². The Kier molecular flexibility index (Phi) is 6.79. The Morgan fingerprint density at radius 3 is 2.54 bits per heavy atom. The molecule has 1 aromatic carbocycles. The largest absolute Gasteiger partial charge is 0.381 e. The van der Waals surface area contributed by atoms with Crippen molar-refractivity contribution in [2.75, 3.05) is 31.6 Å². The Morgan fingerprint density at radius 2 is 1.88 bits per heavy atom. The Labute approximate surface area is 144 Å². The van der Waals surface area contributed by atoms with E-state index in [4.69, 9.17) is 4.74 Å². The molecule has 5 nitrogen and oxygen atoms in total. The smallest absolute Gasteiger partial charge is 0.255 e. The van der Waals surface area contributed by atoms with Gasteiger partial charge in [-0.05, 0) is 37.3 Å². The molecule has 1 saturated heterocycles. The second-order valence-electron chi connectivity index (χ2n) is 6.70. The highest BCUT2D eigenvalue weighted by Gasteiger charge is 2.27. The van der Waals surface area contributed by atoms with Crippen LogP contribution >= 0.6 is 0 Å². The van der Waals surface area contributed by atoms with E-state index >= 15 is 0 Å². The highest BCUT2D eigenvalue weighted by molar-refractivity contribution is 6.03. The third kappa shape index (κ3) is 5.06. The molecule has 1 aliphatic heterocycles. The van der Waals surface area contributed by atoms with Crippen molar-refractivity contribution in [2.24, 2.45) is 11.8 Å². The van der Waals surface area contributed by atoms with Gasteiger partial charge < -0.3 is 15.0 Å². The minimum Gasteiger partial charge on any atom is -0.381 e. The Hall–Kier alpha value is -1.88. The zero-order valence-corrected chi connectivity index (χ0v) is 14.9. The lowest BCUT2D eigenvalue weighted by molar-refractivity contribution is -0.117. The molecule has 1 N–H and O–H groups in total. The predicted octanol–water partition coefficient (Wildman–Crippen LogP) is 3.17. The third-order valence-electron chi connectivity index (χ3n) is 4.27. The van der Waals surface area contributed by atoms with E-state index < -0.39 is 0 Å². The number of rotatable bonds is 6. The van der Waals surface area contributed by atoms with Gasteiger partial charge >= 0.3 is 0 Å². The molecule has 0 radical (unpaired) electrons. The number of ether oxygens (including phenoxy) is 1. The van der Waals surface area contributed by atoms with Crippen LogP contribution in [0.4, 0.5) is 5.69 Å². The van der Waals surface area contributed by atoms with Gasteiger partial charge in [0.25, 0.3) is 5.91 Å². The number of hydrogen-bond donors (Lipinski definition) is 1. The van der Waals surface area contributed by atoms with Gasteiger partial charge in [-0.3, -0.25) is 9.59 Å². The lowest BCUT2D eigenvalue weighted by Gasteiger charge is -2.35. The van der Waals surface area contributed by atoms with Crippen LogP contribution in [0.1, 0.15) is 44.0 Å².